The Morgan fingerprint density at radius 2 is 1.28 bits per heavy atom. The zero-order chi connectivity index (χ0) is 31.1. The summed E-state index contributed by atoms with van der Waals surface area (Å²) < 4.78 is 52.2. The van der Waals surface area contributed by atoms with E-state index < -0.39 is 30.2 Å². The number of amides is 1. The second kappa shape index (κ2) is 17.5. The first-order chi connectivity index (χ1) is 20.8. The summed E-state index contributed by atoms with van der Waals surface area (Å²) >= 11 is 0. The summed E-state index contributed by atoms with van der Waals surface area (Å²) in [6.07, 6.45) is 7.76. The van der Waals surface area contributed by atoms with Crippen molar-refractivity contribution in [2.45, 2.75) is 97.3 Å². The van der Waals surface area contributed by atoms with Gasteiger partial charge in [0.25, 0.3) is 0 Å². The molecule has 1 amide bonds. The van der Waals surface area contributed by atoms with E-state index in [0.717, 1.165) is 34.6 Å². The maximum Gasteiger partial charge on any atom is 0.416 e. The van der Waals surface area contributed by atoms with Crippen LogP contribution in [0, 0.1) is 0 Å². The molecule has 0 aliphatic carbocycles. The average molecular weight is 600 g/mol. The van der Waals surface area contributed by atoms with Crippen molar-refractivity contribution in [3.63, 3.8) is 0 Å². The van der Waals surface area contributed by atoms with Crippen LogP contribution in [0.4, 0.5) is 13.2 Å². The smallest absolute Gasteiger partial charge is 0.416 e. The SMILES string of the molecule is CCCCCCCCCCCCOc1ccc(CN(Cc2ccccc2C(F)(F)F)C(=O)C(=O)OCC)c2ccccc12. The van der Waals surface area contributed by atoms with Crippen LogP contribution in [0.2, 0.25) is 0 Å². The maximum atomic E-state index is 13.7. The Labute approximate surface area is 253 Å². The number of esters is 1. The normalized spacial score (nSPS) is 11.5. The van der Waals surface area contributed by atoms with Gasteiger partial charge < -0.3 is 14.4 Å². The Hall–Kier alpha value is -3.55. The minimum absolute atomic E-state index is 0.0223. The molecule has 0 aromatic heterocycles. The van der Waals surface area contributed by atoms with Crippen LogP contribution in [0.1, 0.15) is 94.7 Å². The van der Waals surface area contributed by atoms with Gasteiger partial charge in [0.15, 0.2) is 0 Å². The molecule has 0 aliphatic heterocycles. The van der Waals surface area contributed by atoms with E-state index in [4.69, 9.17) is 9.47 Å². The van der Waals surface area contributed by atoms with E-state index in [1.807, 2.05) is 30.3 Å². The lowest BCUT2D eigenvalue weighted by Crippen LogP contribution is -2.37. The van der Waals surface area contributed by atoms with Crippen molar-refractivity contribution in [2.24, 2.45) is 0 Å². The van der Waals surface area contributed by atoms with Crippen molar-refractivity contribution in [3.05, 3.63) is 77.4 Å². The van der Waals surface area contributed by atoms with Gasteiger partial charge in [0.05, 0.1) is 18.8 Å². The lowest BCUT2D eigenvalue weighted by Gasteiger charge is -2.25. The summed E-state index contributed by atoms with van der Waals surface area (Å²) in [5.74, 6) is -1.39. The van der Waals surface area contributed by atoms with Crippen LogP contribution in [0.3, 0.4) is 0 Å². The van der Waals surface area contributed by atoms with Gasteiger partial charge in [-0.15, -0.1) is 0 Å². The average Bonchev–Trinajstić information content (AvgIpc) is 2.99. The monoisotopic (exact) mass is 599 g/mol. The Bertz CT molecular complexity index is 1310. The molecule has 0 saturated carbocycles. The molecular formula is C35H44F3NO4. The highest BCUT2D eigenvalue weighted by molar-refractivity contribution is 6.32. The third-order valence-corrected chi connectivity index (χ3v) is 7.51. The standard InChI is InChI=1S/C35H44F3NO4/c1-3-5-6-7-8-9-10-11-12-17-24-43-32-23-22-27(29-19-14-15-20-30(29)32)25-39(33(40)34(41)42-4-2)26-28-18-13-16-21-31(28)35(36,37)38/h13-16,18-23H,3-12,17,24-26H2,1-2H3. The van der Waals surface area contributed by atoms with Crippen molar-refractivity contribution in [3.8, 4) is 5.75 Å². The van der Waals surface area contributed by atoms with E-state index in [2.05, 4.69) is 6.92 Å². The molecule has 0 spiro atoms. The highest BCUT2D eigenvalue weighted by Crippen LogP contribution is 2.34. The van der Waals surface area contributed by atoms with Crippen LogP contribution < -0.4 is 4.74 Å². The highest BCUT2D eigenvalue weighted by atomic mass is 19.4. The van der Waals surface area contributed by atoms with Gasteiger partial charge in [-0.05, 0) is 42.0 Å². The van der Waals surface area contributed by atoms with Gasteiger partial charge in [-0.3, -0.25) is 4.79 Å². The number of unbranched alkanes of at least 4 members (excludes halogenated alkanes) is 9. The van der Waals surface area contributed by atoms with Gasteiger partial charge in [-0.2, -0.15) is 13.2 Å². The third kappa shape index (κ3) is 10.6. The fourth-order valence-corrected chi connectivity index (χ4v) is 5.24. The van der Waals surface area contributed by atoms with Crippen molar-refractivity contribution < 1.29 is 32.2 Å². The molecular weight excluding hydrogens is 555 g/mol. The first kappa shape index (κ1) is 33.9. The Morgan fingerprint density at radius 1 is 0.698 bits per heavy atom. The van der Waals surface area contributed by atoms with E-state index in [0.29, 0.717) is 17.9 Å². The van der Waals surface area contributed by atoms with Crippen molar-refractivity contribution in [1.82, 2.24) is 4.90 Å². The topological polar surface area (TPSA) is 55.8 Å². The molecule has 0 bridgehead atoms. The maximum absolute atomic E-state index is 13.7. The number of alkyl halides is 3. The molecule has 5 nitrogen and oxygen atoms in total. The molecule has 0 radical (unpaired) electrons. The second-order valence-corrected chi connectivity index (χ2v) is 10.8. The van der Waals surface area contributed by atoms with E-state index in [-0.39, 0.29) is 18.7 Å². The van der Waals surface area contributed by atoms with Crippen LogP contribution in [0.15, 0.2) is 60.7 Å². The van der Waals surface area contributed by atoms with Crippen LogP contribution in [-0.2, 0) is 33.6 Å². The number of fused-ring (bicyclic) bond motifs is 1. The Kier molecular flexibility index (Phi) is 13.8. The van der Waals surface area contributed by atoms with Crippen molar-refractivity contribution >= 4 is 22.6 Å². The fraction of sp³-hybridized carbons (Fsp3) is 0.486. The van der Waals surface area contributed by atoms with E-state index in [1.54, 1.807) is 13.0 Å². The largest absolute Gasteiger partial charge is 0.493 e. The minimum atomic E-state index is -4.60. The number of nitrogens with zero attached hydrogens (tertiary/aromatic N) is 1. The summed E-state index contributed by atoms with van der Waals surface area (Å²) in [6, 6.07) is 16.2. The van der Waals surface area contributed by atoms with Crippen LogP contribution >= 0.6 is 0 Å². The second-order valence-electron chi connectivity index (χ2n) is 10.8. The number of hydrogen-bond acceptors (Lipinski definition) is 4. The number of hydrogen-bond donors (Lipinski definition) is 0. The van der Waals surface area contributed by atoms with Gasteiger partial charge in [0.2, 0.25) is 0 Å². The summed E-state index contributed by atoms with van der Waals surface area (Å²) in [7, 11) is 0. The number of halogens is 3. The zero-order valence-electron chi connectivity index (χ0n) is 25.4. The molecule has 0 atom stereocenters. The van der Waals surface area contributed by atoms with Crippen LogP contribution in [0.5, 0.6) is 5.75 Å². The molecule has 0 saturated heterocycles. The summed E-state index contributed by atoms with van der Waals surface area (Å²) in [4.78, 5) is 26.6. The number of carbonyl (C=O) groups is 2. The van der Waals surface area contributed by atoms with Crippen molar-refractivity contribution in [1.29, 1.82) is 0 Å². The quantitative estimate of drug-likeness (QED) is 0.0882. The zero-order valence-corrected chi connectivity index (χ0v) is 25.4. The summed E-state index contributed by atoms with van der Waals surface area (Å²) in [5.41, 5.74) is -0.269. The van der Waals surface area contributed by atoms with Gasteiger partial charge in [0, 0.05) is 18.5 Å². The molecule has 3 aromatic rings. The van der Waals surface area contributed by atoms with E-state index in [1.165, 1.54) is 69.6 Å². The Balaban J connectivity index is 1.70. The number of rotatable bonds is 17. The predicted molar refractivity (Wildman–Crippen MR) is 164 cm³/mol. The Morgan fingerprint density at radius 3 is 1.93 bits per heavy atom. The molecule has 234 valence electrons. The van der Waals surface area contributed by atoms with Gasteiger partial charge in [-0.25, -0.2) is 4.79 Å². The first-order valence-corrected chi connectivity index (χ1v) is 15.5. The number of benzene rings is 3. The molecule has 8 heteroatoms. The molecule has 0 unspecified atom stereocenters. The summed E-state index contributed by atoms with van der Waals surface area (Å²) in [6.45, 7) is 3.88. The molecule has 43 heavy (non-hydrogen) atoms. The lowest BCUT2D eigenvalue weighted by atomic mass is 10.0. The van der Waals surface area contributed by atoms with Gasteiger partial charge >= 0.3 is 18.1 Å². The lowest BCUT2D eigenvalue weighted by molar-refractivity contribution is -0.160. The highest BCUT2D eigenvalue weighted by Gasteiger charge is 2.34. The molecule has 0 fully saturated rings. The minimum Gasteiger partial charge on any atom is -0.493 e. The molecule has 3 aromatic carbocycles. The third-order valence-electron chi connectivity index (χ3n) is 7.51. The first-order valence-electron chi connectivity index (χ1n) is 15.5. The molecule has 0 aliphatic rings. The molecule has 0 N–H and O–H groups in total. The fourth-order valence-electron chi connectivity index (χ4n) is 5.24. The summed E-state index contributed by atoms with van der Waals surface area (Å²) in [5, 5.41) is 1.64. The van der Waals surface area contributed by atoms with Gasteiger partial charge in [0.1, 0.15) is 5.75 Å². The van der Waals surface area contributed by atoms with Crippen LogP contribution in [-0.4, -0.2) is 30.0 Å². The van der Waals surface area contributed by atoms with Crippen LogP contribution in [0.25, 0.3) is 10.8 Å². The molecule has 0 heterocycles. The number of carbonyl (C=O) groups excluding carboxylic acids is 2. The van der Waals surface area contributed by atoms with E-state index in [9.17, 15) is 22.8 Å². The van der Waals surface area contributed by atoms with Crippen molar-refractivity contribution in [2.75, 3.05) is 13.2 Å². The number of ether oxygens (including phenoxy) is 2. The van der Waals surface area contributed by atoms with E-state index >= 15 is 0 Å². The molecule has 3 rings (SSSR count). The van der Waals surface area contributed by atoms with Gasteiger partial charge in [-0.1, -0.05) is 113 Å². The predicted octanol–water partition coefficient (Wildman–Crippen LogP) is 9.25.